The molecule has 0 atom stereocenters. The molecule has 0 rings (SSSR count). The maximum atomic E-state index is 7.78. The van der Waals surface area contributed by atoms with Crippen LogP contribution in [0.15, 0.2) is 6.66 Å². The number of halogens is 1. The fourth-order valence-corrected chi connectivity index (χ4v) is 0.758. The second-order valence-corrected chi connectivity index (χ2v) is 3.97. The molecule has 6 nitrogen and oxygen atoms in total. The number of nitrogens with zero attached hydrogens (tertiary/aromatic N) is 6. The van der Waals surface area contributed by atoms with E-state index in [0.29, 0.717) is 0 Å². The topological polar surface area (TPSA) is 97.5 Å². The van der Waals surface area contributed by atoms with E-state index in [1.807, 2.05) is 0 Å². The van der Waals surface area contributed by atoms with Gasteiger partial charge >= 0.3 is 52.8 Å². The SMILES string of the molecule is CI(N=[N+]=[N-])N=[N+]=[N-]. The summed E-state index contributed by atoms with van der Waals surface area (Å²) in [6, 6.07) is 0. The van der Waals surface area contributed by atoms with Crippen molar-refractivity contribution in [3.05, 3.63) is 20.9 Å². The van der Waals surface area contributed by atoms with Gasteiger partial charge in [0, 0.05) is 0 Å². The van der Waals surface area contributed by atoms with E-state index in [4.69, 9.17) is 11.1 Å². The van der Waals surface area contributed by atoms with Crippen molar-refractivity contribution in [3.8, 4) is 0 Å². The second kappa shape index (κ2) is 4.51. The van der Waals surface area contributed by atoms with Crippen LogP contribution < -0.4 is 0 Å². The van der Waals surface area contributed by atoms with Crippen LogP contribution in [0, 0.1) is 0 Å². The van der Waals surface area contributed by atoms with Gasteiger partial charge in [0.05, 0.1) is 0 Å². The summed E-state index contributed by atoms with van der Waals surface area (Å²) in [5, 5.41) is 0. The number of alkyl halides is 1. The van der Waals surface area contributed by atoms with E-state index in [1.165, 1.54) is 0 Å². The van der Waals surface area contributed by atoms with Crippen molar-refractivity contribution in [2.75, 3.05) is 4.93 Å². The summed E-state index contributed by atoms with van der Waals surface area (Å²) in [5.74, 6) is 0. The van der Waals surface area contributed by atoms with Crippen molar-refractivity contribution < 1.29 is 0 Å². The molecule has 0 aromatic rings. The molecule has 0 N–H and O–H groups in total. The van der Waals surface area contributed by atoms with Gasteiger partial charge < -0.3 is 0 Å². The Hall–Kier alpha value is -0.650. The van der Waals surface area contributed by atoms with Gasteiger partial charge in [0.2, 0.25) is 0 Å². The molecular weight excluding hydrogens is 223 g/mol. The monoisotopic (exact) mass is 226 g/mol. The summed E-state index contributed by atoms with van der Waals surface area (Å²) in [6.45, 7) is 0. The molecule has 0 bridgehead atoms. The molecule has 0 heterocycles. The molecule has 0 unspecified atom stereocenters. The first kappa shape index (κ1) is 7.35. The number of hydrogen-bond donors (Lipinski definition) is 0. The van der Waals surface area contributed by atoms with Gasteiger partial charge in [0.25, 0.3) is 0 Å². The molecule has 0 saturated heterocycles. The Morgan fingerprint density at radius 3 is 1.88 bits per heavy atom. The molecule has 0 saturated carbocycles. The molecule has 0 aromatic carbocycles. The van der Waals surface area contributed by atoms with Crippen LogP contribution in [0.2, 0.25) is 0 Å². The summed E-state index contributed by atoms with van der Waals surface area (Å²) < 4.78 is 6.46. The molecule has 0 spiro atoms. The van der Waals surface area contributed by atoms with Gasteiger partial charge in [-0.05, 0) is 0 Å². The van der Waals surface area contributed by atoms with Crippen molar-refractivity contribution in [2.45, 2.75) is 0 Å². The van der Waals surface area contributed by atoms with E-state index in [2.05, 4.69) is 16.5 Å². The Morgan fingerprint density at radius 2 is 1.62 bits per heavy atom. The second-order valence-electron chi connectivity index (χ2n) is 0.744. The zero-order valence-electron chi connectivity index (χ0n) is 4.06. The van der Waals surface area contributed by atoms with Crippen molar-refractivity contribution in [1.82, 2.24) is 0 Å². The van der Waals surface area contributed by atoms with Crippen LogP contribution in [-0.2, 0) is 0 Å². The molecule has 44 valence electrons. The van der Waals surface area contributed by atoms with Crippen LogP contribution in [0.5, 0.6) is 0 Å². The van der Waals surface area contributed by atoms with E-state index in [9.17, 15) is 0 Å². The zero-order valence-corrected chi connectivity index (χ0v) is 6.22. The molecule has 0 amide bonds. The molecule has 0 aliphatic carbocycles. The van der Waals surface area contributed by atoms with Gasteiger partial charge in [-0.1, -0.05) is 0 Å². The van der Waals surface area contributed by atoms with Crippen LogP contribution in [0.1, 0.15) is 0 Å². The summed E-state index contributed by atoms with van der Waals surface area (Å²) in [5.41, 5.74) is 15.6. The summed E-state index contributed by atoms with van der Waals surface area (Å²) >= 11 is -1.93. The standard InChI is InChI=1S/CH3IN6/c1-2(5-7-3)6-8-4/h1H3. The third-order valence-electron chi connectivity index (χ3n) is 0.286. The van der Waals surface area contributed by atoms with Crippen LogP contribution in [-0.4, -0.2) is 4.93 Å². The molecule has 0 aliphatic rings. The fourth-order valence-electron chi connectivity index (χ4n) is 0.113. The average Bonchev–Trinajstić information content (AvgIpc) is 1.68. The zero-order chi connectivity index (χ0) is 6.41. The van der Waals surface area contributed by atoms with Crippen molar-refractivity contribution >= 4 is 20.4 Å². The van der Waals surface area contributed by atoms with E-state index >= 15 is 0 Å². The van der Waals surface area contributed by atoms with Crippen LogP contribution in [0.4, 0.5) is 0 Å². The Bertz CT molecular complexity index is 132. The molecule has 7 heteroatoms. The molecule has 0 aromatic heterocycles. The van der Waals surface area contributed by atoms with Gasteiger partial charge in [-0.2, -0.15) is 0 Å². The Balaban J connectivity index is 3.82. The quantitative estimate of drug-likeness (QED) is 0.227. The molecule has 0 aliphatic heterocycles. The third-order valence-corrected chi connectivity index (χ3v) is 1.92. The fraction of sp³-hybridized carbons (Fsp3) is 1.00. The van der Waals surface area contributed by atoms with Gasteiger partial charge in [-0.25, -0.2) is 0 Å². The average molecular weight is 226 g/mol. The van der Waals surface area contributed by atoms with Crippen LogP contribution >= 0.6 is 20.4 Å². The van der Waals surface area contributed by atoms with Crippen molar-refractivity contribution in [2.24, 2.45) is 6.66 Å². The molecule has 0 fully saturated rings. The third kappa shape index (κ3) is 3.54. The summed E-state index contributed by atoms with van der Waals surface area (Å²) in [6.07, 6.45) is 0. The van der Waals surface area contributed by atoms with Gasteiger partial charge in [0.1, 0.15) is 0 Å². The number of azide groups is 1. The summed E-state index contributed by atoms with van der Waals surface area (Å²) in [4.78, 5) is 6.62. The number of hydrogen-bond acceptors (Lipinski definition) is 2. The van der Waals surface area contributed by atoms with E-state index in [-0.39, 0.29) is 0 Å². The predicted molar refractivity (Wildman–Crippen MR) is 38.2 cm³/mol. The van der Waals surface area contributed by atoms with Crippen molar-refractivity contribution in [1.29, 1.82) is 0 Å². The normalized spacial score (nSPS) is 8.38. The van der Waals surface area contributed by atoms with Gasteiger partial charge in [0.15, 0.2) is 0 Å². The van der Waals surface area contributed by atoms with E-state index < -0.39 is 20.4 Å². The number of rotatable bonds is 2. The van der Waals surface area contributed by atoms with Crippen LogP contribution in [0.3, 0.4) is 0 Å². The van der Waals surface area contributed by atoms with Gasteiger partial charge in [-0.3, -0.25) is 0 Å². The minimum atomic E-state index is -1.93. The predicted octanol–water partition coefficient (Wildman–Crippen LogP) is 2.57. The Labute approximate surface area is 53.2 Å². The van der Waals surface area contributed by atoms with Crippen molar-refractivity contribution in [3.63, 3.8) is 0 Å². The molecular formula is CH3IN6. The molecule has 0 radical (unpaired) electrons. The maximum absolute atomic E-state index is 7.78. The van der Waals surface area contributed by atoms with Gasteiger partial charge in [-0.15, -0.1) is 0 Å². The first-order valence-electron chi connectivity index (χ1n) is 1.52. The molecule has 8 heavy (non-hydrogen) atoms. The Kier molecular flexibility index (Phi) is 4.14. The first-order chi connectivity index (χ1) is 3.81. The summed E-state index contributed by atoms with van der Waals surface area (Å²) in [7, 11) is 0. The van der Waals surface area contributed by atoms with E-state index in [0.717, 1.165) is 0 Å². The van der Waals surface area contributed by atoms with E-state index in [1.54, 1.807) is 4.93 Å². The minimum absolute atomic E-state index is 1.66. The van der Waals surface area contributed by atoms with Crippen LogP contribution in [0.25, 0.3) is 20.9 Å². The Morgan fingerprint density at radius 1 is 1.25 bits per heavy atom. The first-order valence-corrected chi connectivity index (χ1v) is 5.60.